The monoisotopic (exact) mass is 559 g/mol. The van der Waals surface area contributed by atoms with Gasteiger partial charge < -0.3 is 24.0 Å². The molecule has 0 saturated carbocycles. The van der Waals surface area contributed by atoms with Crippen molar-refractivity contribution in [1.82, 2.24) is 14.5 Å². The van der Waals surface area contributed by atoms with E-state index in [1.165, 1.54) is 18.2 Å². The molecule has 9 nitrogen and oxygen atoms in total. The topological polar surface area (TPSA) is 114 Å². The van der Waals surface area contributed by atoms with Crippen LogP contribution < -0.4 is 9.64 Å². The van der Waals surface area contributed by atoms with Gasteiger partial charge in [0, 0.05) is 26.1 Å². The Labute approximate surface area is 234 Å². The van der Waals surface area contributed by atoms with Crippen LogP contribution in [0, 0.1) is 28.9 Å². The highest BCUT2D eigenvalue weighted by atomic mass is 19.1. The predicted molar refractivity (Wildman–Crippen MR) is 145 cm³/mol. The average Bonchev–Trinajstić information content (AvgIpc) is 3.54. The summed E-state index contributed by atoms with van der Waals surface area (Å²) < 4.78 is 42.0. The summed E-state index contributed by atoms with van der Waals surface area (Å²) in [5.74, 6) is -0.561. The second-order valence-electron chi connectivity index (χ2n) is 10.4. The summed E-state index contributed by atoms with van der Waals surface area (Å²) in [6.07, 6.45) is 2.61. The zero-order valence-electron chi connectivity index (χ0n) is 22.1. The number of benzene rings is 2. The number of hydrogen-bond acceptors (Lipinski definition) is 7. The van der Waals surface area contributed by atoms with Crippen LogP contribution in [0.15, 0.2) is 48.5 Å². The maximum absolute atomic E-state index is 14.5. The highest BCUT2D eigenvalue weighted by Gasteiger charge is 2.28. The molecule has 4 aromatic rings. The molecule has 11 heteroatoms. The summed E-state index contributed by atoms with van der Waals surface area (Å²) in [6.45, 7) is 2.50. The second-order valence-corrected chi connectivity index (χ2v) is 10.4. The quantitative estimate of drug-likeness (QED) is 0.314. The first-order chi connectivity index (χ1) is 19.9. The van der Waals surface area contributed by atoms with Crippen molar-refractivity contribution < 1.29 is 28.2 Å². The third-order valence-corrected chi connectivity index (χ3v) is 7.66. The molecule has 2 aliphatic rings. The molecule has 0 amide bonds. The van der Waals surface area contributed by atoms with Crippen LogP contribution in [-0.4, -0.2) is 51.4 Å². The van der Waals surface area contributed by atoms with E-state index < -0.39 is 17.6 Å². The number of aromatic nitrogens is 3. The Morgan fingerprint density at radius 3 is 2.71 bits per heavy atom. The molecule has 210 valence electrons. The fraction of sp³-hybridized carbons (Fsp3) is 0.333. The van der Waals surface area contributed by atoms with Crippen molar-refractivity contribution in [3.8, 4) is 11.8 Å². The first kappa shape index (κ1) is 26.7. The zero-order chi connectivity index (χ0) is 28.5. The number of anilines is 1. The van der Waals surface area contributed by atoms with Crippen molar-refractivity contribution in [2.75, 3.05) is 24.6 Å². The molecule has 2 saturated heterocycles. The van der Waals surface area contributed by atoms with Crippen molar-refractivity contribution in [2.24, 2.45) is 5.92 Å². The van der Waals surface area contributed by atoms with Gasteiger partial charge in [0.2, 0.25) is 0 Å². The Bertz CT molecular complexity index is 1660. The van der Waals surface area contributed by atoms with Crippen LogP contribution in [0.25, 0.3) is 11.0 Å². The molecule has 2 aliphatic heterocycles. The summed E-state index contributed by atoms with van der Waals surface area (Å²) in [5, 5.41) is 18.4. The second kappa shape index (κ2) is 11.1. The van der Waals surface area contributed by atoms with Gasteiger partial charge in [-0.1, -0.05) is 0 Å². The molecule has 2 atom stereocenters. The lowest BCUT2D eigenvalue weighted by Crippen LogP contribution is -2.32. The lowest BCUT2D eigenvalue weighted by Gasteiger charge is -2.28. The van der Waals surface area contributed by atoms with Crippen LogP contribution in [0.4, 0.5) is 14.6 Å². The highest BCUT2D eigenvalue weighted by Crippen LogP contribution is 2.29. The van der Waals surface area contributed by atoms with Crippen LogP contribution in [0.3, 0.4) is 0 Å². The standard InChI is InChI=1S/C30H27F2N5O4/c31-22-3-6-28(35-25(22)17-41-27-5-1-18(14-33)11-23(27)32)36-9-7-19(15-36)12-29-34-24-4-2-20(30(38)39)13-26(24)37(29)16-21-8-10-40-21/h1-6,11,13,19,21H,7-10,12,15-17H2,(H,38,39)/t19?,21-/m0/s1. The van der Waals surface area contributed by atoms with E-state index in [1.54, 1.807) is 24.3 Å². The van der Waals surface area contributed by atoms with Gasteiger partial charge >= 0.3 is 5.97 Å². The van der Waals surface area contributed by atoms with E-state index in [9.17, 15) is 18.7 Å². The number of pyridine rings is 1. The normalized spacial score (nSPS) is 18.3. The largest absolute Gasteiger partial charge is 0.484 e. The Balaban J connectivity index is 1.16. The maximum atomic E-state index is 14.5. The van der Waals surface area contributed by atoms with Gasteiger partial charge in [0.1, 0.15) is 29.8 Å². The van der Waals surface area contributed by atoms with Gasteiger partial charge in [-0.15, -0.1) is 0 Å². The Kier molecular flexibility index (Phi) is 7.24. The lowest BCUT2D eigenvalue weighted by molar-refractivity contribution is -0.0590. The first-order valence-corrected chi connectivity index (χ1v) is 13.4. The van der Waals surface area contributed by atoms with E-state index >= 15 is 0 Å². The highest BCUT2D eigenvalue weighted by molar-refractivity contribution is 5.92. The summed E-state index contributed by atoms with van der Waals surface area (Å²) in [5.41, 5.74) is 1.99. The molecule has 0 aliphatic carbocycles. The Morgan fingerprint density at radius 2 is 1.98 bits per heavy atom. The number of fused-ring (bicyclic) bond motifs is 1. The van der Waals surface area contributed by atoms with Gasteiger partial charge in [0.25, 0.3) is 0 Å². The van der Waals surface area contributed by atoms with E-state index in [2.05, 4.69) is 14.5 Å². The summed E-state index contributed by atoms with van der Waals surface area (Å²) >= 11 is 0. The smallest absolute Gasteiger partial charge is 0.335 e. The van der Waals surface area contributed by atoms with Gasteiger partial charge in [-0.3, -0.25) is 0 Å². The van der Waals surface area contributed by atoms with E-state index in [1.807, 2.05) is 6.07 Å². The minimum Gasteiger partial charge on any atom is -0.484 e. The molecule has 0 spiro atoms. The molecule has 41 heavy (non-hydrogen) atoms. The molecule has 1 N–H and O–H groups in total. The van der Waals surface area contributed by atoms with Crippen LogP contribution in [-0.2, 0) is 24.3 Å². The Morgan fingerprint density at radius 1 is 1.12 bits per heavy atom. The predicted octanol–water partition coefficient (Wildman–Crippen LogP) is 4.72. The van der Waals surface area contributed by atoms with E-state index in [-0.39, 0.29) is 41.2 Å². The maximum Gasteiger partial charge on any atom is 0.335 e. The lowest BCUT2D eigenvalue weighted by atomic mass is 10.0. The van der Waals surface area contributed by atoms with E-state index in [4.69, 9.17) is 19.7 Å². The number of nitrogens with zero attached hydrogens (tertiary/aromatic N) is 5. The van der Waals surface area contributed by atoms with Crippen molar-refractivity contribution in [3.05, 3.63) is 82.8 Å². The first-order valence-electron chi connectivity index (χ1n) is 13.4. The fourth-order valence-corrected chi connectivity index (χ4v) is 5.35. The Hall–Kier alpha value is -4.56. The van der Waals surface area contributed by atoms with E-state index in [0.717, 1.165) is 48.9 Å². The minimum atomic E-state index is -0.980. The number of halogens is 2. The molecular weight excluding hydrogens is 532 g/mol. The molecule has 4 heterocycles. The summed E-state index contributed by atoms with van der Waals surface area (Å²) in [6, 6.07) is 13.6. The zero-order valence-corrected chi connectivity index (χ0v) is 22.1. The number of hydrogen-bond donors (Lipinski definition) is 1. The number of rotatable bonds is 9. The number of carboxylic acid groups (broad SMARTS) is 1. The average molecular weight is 560 g/mol. The molecule has 1 unspecified atom stereocenters. The van der Waals surface area contributed by atoms with Crippen molar-refractivity contribution in [1.29, 1.82) is 5.26 Å². The van der Waals surface area contributed by atoms with Gasteiger partial charge in [-0.2, -0.15) is 5.26 Å². The van der Waals surface area contributed by atoms with Gasteiger partial charge in [-0.25, -0.2) is 23.5 Å². The van der Waals surface area contributed by atoms with Crippen LogP contribution >= 0.6 is 0 Å². The molecule has 2 aromatic carbocycles. The van der Waals surface area contributed by atoms with Crippen molar-refractivity contribution in [3.63, 3.8) is 0 Å². The van der Waals surface area contributed by atoms with E-state index in [0.29, 0.717) is 25.3 Å². The van der Waals surface area contributed by atoms with Crippen LogP contribution in [0.2, 0.25) is 0 Å². The number of carboxylic acids is 1. The van der Waals surface area contributed by atoms with Gasteiger partial charge in [0.15, 0.2) is 11.6 Å². The number of ether oxygens (including phenoxy) is 2. The third-order valence-electron chi connectivity index (χ3n) is 7.66. The van der Waals surface area contributed by atoms with Gasteiger partial charge in [-0.05, 0) is 67.3 Å². The number of aromatic carboxylic acids is 1. The molecule has 6 rings (SSSR count). The third kappa shape index (κ3) is 5.56. The summed E-state index contributed by atoms with van der Waals surface area (Å²) in [4.78, 5) is 23.0. The van der Waals surface area contributed by atoms with Crippen LogP contribution in [0.5, 0.6) is 5.75 Å². The molecule has 2 aromatic heterocycles. The fourth-order valence-electron chi connectivity index (χ4n) is 5.35. The number of carbonyl (C=O) groups is 1. The van der Waals surface area contributed by atoms with Gasteiger partial charge in [0.05, 0.1) is 40.9 Å². The SMILES string of the molecule is N#Cc1ccc(OCc2nc(N3CCC(Cc4nc5ccc(C(=O)O)cc5n4C[C@@H]4CCO4)C3)ccc2F)c(F)c1. The number of nitriles is 1. The van der Waals surface area contributed by atoms with Crippen molar-refractivity contribution >= 4 is 22.8 Å². The molecular formula is C30H27F2N5O4. The van der Waals surface area contributed by atoms with Crippen molar-refractivity contribution in [2.45, 2.75) is 38.5 Å². The molecule has 2 fully saturated rings. The molecule has 0 radical (unpaired) electrons. The minimum absolute atomic E-state index is 0.0613. The molecule has 0 bridgehead atoms. The summed E-state index contributed by atoms with van der Waals surface area (Å²) in [7, 11) is 0. The number of imidazole rings is 1. The van der Waals surface area contributed by atoms with Crippen LogP contribution in [0.1, 0.15) is 40.3 Å².